The number of aromatic nitrogens is 2. The van der Waals surface area contributed by atoms with E-state index >= 15 is 0 Å². The number of hydrogen-bond donors (Lipinski definition) is 2. The molecule has 0 spiro atoms. The van der Waals surface area contributed by atoms with Gasteiger partial charge < -0.3 is 9.52 Å². The molecule has 2 N–H and O–H groups in total. The first kappa shape index (κ1) is 15.7. The lowest BCUT2D eigenvalue weighted by Crippen LogP contribution is -2.38. The van der Waals surface area contributed by atoms with Gasteiger partial charge in [0.2, 0.25) is 10.0 Å². The zero-order valence-electron chi connectivity index (χ0n) is 12.7. The van der Waals surface area contributed by atoms with E-state index in [1.54, 1.807) is 19.2 Å². The summed E-state index contributed by atoms with van der Waals surface area (Å²) in [6.07, 6.45) is 2.64. The van der Waals surface area contributed by atoms with Gasteiger partial charge in [-0.2, -0.15) is 5.10 Å². The molecule has 1 aromatic carbocycles. The normalized spacial score (nSPS) is 14.9. The molecule has 1 atom stereocenters. The highest BCUT2D eigenvalue weighted by Crippen LogP contribution is 2.27. The Morgan fingerprint density at radius 2 is 2.13 bits per heavy atom. The van der Waals surface area contributed by atoms with Crippen LogP contribution in [0, 0.1) is 0 Å². The molecule has 0 radical (unpaired) electrons. The Hall–Kier alpha value is -2.16. The summed E-state index contributed by atoms with van der Waals surface area (Å²) in [6, 6.07) is 9.04. The minimum absolute atomic E-state index is 0.0420. The zero-order chi connectivity index (χ0) is 16.7. The second kappa shape index (κ2) is 5.48. The fraction of sp³-hybridized carbons (Fsp3) is 0.267. The molecule has 2 heterocycles. The molecule has 0 amide bonds. The van der Waals surface area contributed by atoms with Gasteiger partial charge in [0.1, 0.15) is 21.8 Å². The van der Waals surface area contributed by atoms with Crippen LogP contribution in [0.15, 0.2) is 52.0 Å². The lowest BCUT2D eigenvalue weighted by molar-refractivity contribution is 0.0412. The van der Waals surface area contributed by atoms with Crippen molar-refractivity contribution in [3.05, 3.63) is 48.5 Å². The first-order valence-corrected chi connectivity index (χ1v) is 8.46. The van der Waals surface area contributed by atoms with Crippen LogP contribution in [0.25, 0.3) is 11.0 Å². The maximum absolute atomic E-state index is 12.2. The number of aliphatic hydroxyl groups is 1. The smallest absolute Gasteiger partial charge is 0.243 e. The molecule has 2 aromatic heterocycles. The van der Waals surface area contributed by atoms with Crippen molar-refractivity contribution in [2.45, 2.75) is 17.4 Å². The third-order valence-corrected chi connectivity index (χ3v) is 4.91. The molecule has 23 heavy (non-hydrogen) atoms. The number of sulfonamides is 1. The second-order valence-electron chi connectivity index (χ2n) is 5.60. The van der Waals surface area contributed by atoms with Crippen LogP contribution in [-0.2, 0) is 22.7 Å². The molecular weight excluding hydrogens is 318 g/mol. The van der Waals surface area contributed by atoms with Gasteiger partial charge in [-0.05, 0) is 19.1 Å². The minimum Gasteiger partial charge on any atom is -0.458 e. The molecule has 0 saturated carbocycles. The Balaban J connectivity index is 1.80. The van der Waals surface area contributed by atoms with E-state index in [1.807, 2.05) is 18.2 Å². The summed E-state index contributed by atoms with van der Waals surface area (Å²) in [6.45, 7) is 1.28. The molecule has 0 aliphatic carbocycles. The van der Waals surface area contributed by atoms with Gasteiger partial charge in [-0.3, -0.25) is 4.68 Å². The van der Waals surface area contributed by atoms with Crippen molar-refractivity contribution in [2.24, 2.45) is 7.05 Å². The largest absolute Gasteiger partial charge is 0.458 e. The topological polar surface area (TPSA) is 97.4 Å². The van der Waals surface area contributed by atoms with Crippen LogP contribution in [0.5, 0.6) is 0 Å². The first-order chi connectivity index (χ1) is 10.8. The molecule has 0 fully saturated rings. The lowest BCUT2D eigenvalue weighted by Gasteiger charge is -2.20. The summed E-state index contributed by atoms with van der Waals surface area (Å²) < 4.78 is 33.8. The van der Waals surface area contributed by atoms with Crippen LogP contribution in [0.4, 0.5) is 0 Å². The van der Waals surface area contributed by atoms with Crippen molar-refractivity contribution in [3.8, 4) is 0 Å². The summed E-state index contributed by atoms with van der Waals surface area (Å²) in [5, 5.41) is 15.2. The highest BCUT2D eigenvalue weighted by molar-refractivity contribution is 7.89. The Morgan fingerprint density at radius 1 is 1.39 bits per heavy atom. The van der Waals surface area contributed by atoms with E-state index in [0.29, 0.717) is 11.3 Å². The summed E-state index contributed by atoms with van der Waals surface area (Å²) >= 11 is 0. The van der Waals surface area contributed by atoms with E-state index in [4.69, 9.17) is 4.42 Å². The monoisotopic (exact) mass is 335 g/mol. The van der Waals surface area contributed by atoms with Crippen molar-refractivity contribution >= 4 is 21.0 Å². The zero-order valence-corrected chi connectivity index (χ0v) is 13.5. The van der Waals surface area contributed by atoms with E-state index in [1.165, 1.54) is 24.0 Å². The van der Waals surface area contributed by atoms with Gasteiger partial charge >= 0.3 is 0 Å². The van der Waals surface area contributed by atoms with E-state index < -0.39 is 15.6 Å². The fourth-order valence-electron chi connectivity index (χ4n) is 2.19. The summed E-state index contributed by atoms with van der Waals surface area (Å²) in [4.78, 5) is 0.0420. The van der Waals surface area contributed by atoms with Crippen LogP contribution in [-0.4, -0.2) is 29.8 Å². The molecular formula is C15H17N3O4S. The van der Waals surface area contributed by atoms with Crippen LogP contribution in [0.1, 0.15) is 12.7 Å². The SMILES string of the molecule is Cn1cc(S(=O)(=O)NC[C@](C)(O)c2cc3ccccc3o2)cn1. The van der Waals surface area contributed by atoms with Gasteiger partial charge in [0.15, 0.2) is 0 Å². The number of nitrogens with zero attached hydrogens (tertiary/aromatic N) is 2. The number of furan rings is 1. The molecule has 7 nitrogen and oxygen atoms in total. The van der Waals surface area contributed by atoms with E-state index in [0.717, 1.165) is 5.39 Å². The Kier molecular flexibility index (Phi) is 3.75. The van der Waals surface area contributed by atoms with E-state index in [2.05, 4.69) is 9.82 Å². The lowest BCUT2D eigenvalue weighted by atomic mass is 10.0. The number of rotatable bonds is 5. The molecule has 3 rings (SSSR count). The Labute approximate surface area is 133 Å². The number of benzene rings is 1. The minimum atomic E-state index is -3.75. The van der Waals surface area contributed by atoms with Gasteiger partial charge in [-0.25, -0.2) is 13.1 Å². The van der Waals surface area contributed by atoms with Gasteiger partial charge in [0.05, 0.1) is 6.20 Å². The highest BCUT2D eigenvalue weighted by atomic mass is 32.2. The third kappa shape index (κ3) is 3.14. The van der Waals surface area contributed by atoms with Gasteiger partial charge in [-0.1, -0.05) is 18.2 Å². The molecule has 122 valence electrons. The Bertz CT molecular complexity index is 907. The average Bonchev–Trinajstić information content (AvgIpc) is 3.12. The third-order valence-electron chi connectivity index (χ3n) is 3.55. The number of nitrogens with one attached hydrogen (secondary N) is 1. The molecule has 8 heteroatoms. The van der Waals surface area contributed by atoms with Crippen molar-refractivity contribution < 1.29 is 17.9 Å². The predicted octanol–water partition coefficient (Wildman–Crippen LogP) is 1.35. The fourth-order valence-corrected chi connectivity index (χ4v) is 3.31. The highest BCUT2D eigenvalue weighted by Gasteiger charge is 2.30. The molecule has 0 saturated heterocycles. The maximum Gasteiger partial charge on any atom is 0.243 e. The molecule has 0 unspecified atom stereocenters. The van der Waals surface area contributed by atoms with Gasteiger partial charge in [-0.15, -0.1) is 0 Å². The van der Waals surface area contributed by atoms with Crippen molar-refractivity contribution in [1.29, 1.82) is 0 Å². The second-order valence-corrected chi connectivity index (χ2v) is 7.36. The molecule has 0 bridgehead atoms. The predicted molar refractivity (Wildman–Crippen MR) is 84.2 cm³/mol. The quantitative estimate of drug-likeness (QED) is 0.733. The summed E-state index contributed by atoms with van der Waals surface area (Å²) in [7, 11) is -2.12. The van der Waals surface area contributed by atoms with Crippen LogP contribution in [0.3, 0.4) is 0 Å². The van der Waals surface area contributed by atoms with Crippen molar-refractivity contribution in [2.75, 3.05) is 6.54 Å². The molecule has 0 aliphatic heterocycles. The molecule has 0 aliphatic rings. The number of fused-ring (bicyclic) bond motifs is 1. The van der Waals surface area contributed by atoms with E-state index in [9.17, 15) is 13.5 Å². The van der Waals surface area contributed by atoms with Gasteiger partial charge in [0, 0.05) is 25.2 Å². The van der Waals surface area contributed by atoms with Crippen molar-refractivity contribution in [1.82, 2.24) is 14.5 Å². The van der Waals surface area contributed by atoms with Gasteiger partial charge in [0.25, 0.3) is 0 Å². The Morgan fingerprint density at radius 3 is 2.78 bits per heavy atom. The van der Waals surface area contributed by atoms with E-state index in [-0.39, 0.29) is 11.4 Å². The number of para-hydroxylation sites is 1. The molecule has 3 aromatic rings. The van der Waals surface area contributed by atoms with Crippen LogP contribution in [0.2, 0.25) is 0 Å². The maximum atomic E-state index is 12.2. The van der Waals surface area contributed by atoms with Crippen LogP contribution >= 0.6 is 0 Å². The summed E-state index contributed by atoms with van der Waals surface area (Å²) in [5.74, 6) is 0.299. The standard InChI is InChI=1S/C15H17N3O4S/c1-15(19,14-7-11-5-3-4-6-13(11)22-14)10-17-23(20,21)12-8-16-18(2)9-12/h3-9,17,19H,10H2,1-2H3/t15-/m0/s1. The average molecular weight is 335 g/mol. The number of hydrogen-bond acceptors (Lipinski definition) is 5. The first-order valence-electron chi connectivity index (χ1n) is 6.98. The van der Waals surface area contributed by atoms with Crippen molar-refractivity contribution in [3.63, 3.8) is 0 Å². The summed E-state index contributed by atoms with van der Waals surface area (Å²) in [5.41, 5.74) is -0.841. The van der Waals surface area contributed by atoms with Crippen LogP contribution < -0.4 is 4.72 Å². The number of aryl methyl sites for hydroxylation is 1.